The largest absolute Gasteiger partial charge is 0.351 e. The molecular formula is C23H19Cl2NO. The summed E-state index contributed by atoms with van der Waals surface area (Å²) in [5, 5.41) is 4.23. The molecule has 4 heteroatoms. The maximum Gasteiger partial charge on any atom is 0.251 e. The summed E-state index contributed by atoms with van der Waals surface area (Å²) < 4.78 is 0. The molecular weight excluding hydrogens is 377 g/mol. The van der Waals surface area contributed by atoms with Crippen LogP contribution in [0.25, 0.3) is 0 Å². The van der Waals surface area contributed by atoms with Crippen molar-refractivity contribution in [3.8, 4) is 0 Å². The van der Waals surface area contributed by atoms with E-state index in [0.29, 0.717) is 22.2 Å². The molecule has 0 aliphatic heterocycles. The Bertz CT molecular complexity index is 971. The van der Waals surface area contributed by atoms with Crippen LogP contribution < -0.4 is 5.32 Å². The van der Waals surface area contributed by atoms with E-state index in [9.17, 15) is 4.79 Å². The molecule has 0 aromatic heterocycles. The maximum absolute atomic E-state index is 12.4. The van der Waals surface area contributed by atoms with Gasteiger partial charge in [0.15, 0.2) is 0 Å². The molecule has 0 saturated heterocycles. The summed E-state index contributed by atoms with van der Waals surface area (Å²) in [5.41, 5.74) is 4.44. The molecule has 3 aromatic rings. The number of hydrogen-bond donors (Lipinski definition) is 1. The number of nitrogens with one attached hydrogen (secondary N) is 1. The Labute approximate surface area is 169 Å². The second-order valence-corrected chi connectivity index (χ2v) is 7.68. The van der Waals surface area contributed by atoms with Crippen molar-refractivity contribution >= 4 is 29.1 Å². The van der Waals surface area contributed by atoms with Gasteiger partial charge in [0.05, 0.1) is 10.0 Å². The zero-order valence-electron chi connectivity index (χ0n) is 14.7. The molecule has 2 atom stereocenters. The Morgan fingerprint density at radius 2 is 1.59 bits per heavy atom. The minimum absolute atomic E-state index is 0.0360. The Balaban J connectivity index is 1.55. The molecule has 0 heterocycles. The van der Waals surface area contributed by atoms with Crippen LogP contribution in [0.4, 0.5) is 0 Å². The predicted octanol–water partition coefficient (Wildman–Crippen LogP) is 6.04. The highest BCUT2D eigenvalue weighted by atomic mass is 35.5. The van der Waals surface area contributed by atoms with Gasteiger partial charge in [0.2, 0.25) is 0 Å². The molecule has 0 radical (unpaired) electrons. The minimum atomic E-state index is -0.0360. The molecule has 0 spiro atoms. The standard InChI is InChI=1S/C23H19Cl2NO/c24-21-11-10-16(13-22(21)25)20-12-17(18-8-4-5-9-19(18)20)14-26-23(27)15-6-2-1-3-7-15/h1-11,13,17,20H,12,14H2,(H,26,27)/t17-,20-/m0/s1. The lowest BCUT2D eigenvalue weighted by molar-refractivity contribution is 0.0951. The minimum Gasteiger partial charge on any atom is -0.351 e. The molecule has 0 bridgehead atoms. The van der Waals surface area contributed by atoms with Gasteiger partial charge in [-0.1, -0.05) is 71.7 Å². The maximum atomic E-state index is 12.4. The molecule has 2 nitrogen and oxygen atoms in total. The van der Waals surface area contributed by atoms with Gasteiger partial charge < -0.3 is 5.32 Å². The van der Waals surface area contributed by atoms with Gasteiger partial charge in [0.25, 0.3) is 5.91 Å². The highest BCUT2D eigenvalue weighted by molar-refractivity contribution is 6.42. The van der Waals surface area contributed by atoms with Crippen molar-refractivity contribution in [3.63, 3.8) is 0 Å². The Hall–Kier alpha value is -2.29. The molecule has 27 heavy (non-hydrogen) atoms. The first-order valence-electron chi connectivity index (χ1n) is 9.00. The number of benzene rings is 3. The summed E-state index contributed by atoms with van der Waals surface area (Å²) in [7, 11) is 0. The number of hydrogen-bond acceptors (Lipinski definition) is 1. The second-order valence-electron chi connectivity index (χ2n) is 6.86. The Kier molecular flexibility index (Phi) is 5.20. The van der Waals surface area contributed by atoms with Crippen molar-refractivity contribution in [2.24, 2.45) is 0 Å². The number of rotatable bonds is 4. The molecule has 1 amide bonds. The number of amides is 1. The smallest absolute Gasteiger partial charge is 0.251 e. The summed E-state index contributed by atoms with van der Waals surface area (Å²) in [4.78, 5) is 12.4. The molecule has 1 N–H and O–H groups in total. The van der Waals surface area contributed by atoms with Crippen LogP contribution in [0.2, 0.25) is 10.0 Å². The monoisotopic (exact) mass is 395 g/mol. The fourth-order valence-electron chi connectivity index (χ4n) is 3.88. The van der Waals surface area contributed by atoms with E-state index in [1.54, 1.807) is 0 Å². The molecule has 1 aliphatic rings. The lowest BCUT2D eigenvalue weighted by Crippen LogP contribution is -2.27. The molecule has 1 aliphatic carbocycles. The third-order valence-electron chi connectivity index (χ3n) is 5.22. The van der Waals surface area contributed by atoms with Gasteiger partial charge in [0.1, 0.15) is 0 Å². The average molecular weight is 396 g/mol. The van der Waals surface area contributed by atoms with Gasteiger partial charge in [-0.15, -0.1) is 0 Å². The second kappa shape index (κ2) is 7.75. The first kappa shape index (κ1) is 18.1. The van der Waals surface area contributed by atoms with Crippen LogP contribution in [0.5, 0.6) is 0 Å². The lowest BCUT2D eigenvalue weighted by atomic mass is 9.93. The van der Waals surface area contributed by atoms with E-state index in [1.165, 1.54) is 11.1 Å². The fraction of sp³-hybridized carbons (Fsp3) is 0.174. The first-order valence-corrected chi connectivity index (χ1v) is 9.76. The van der Waals surface area contributed by atoms with Crippen LogP contribution in [0.15, 0.2) is 72.8 Å². The average Bonchev–Trinajstić information content (AvgIpc) is 3.08. The summed E-state index contributed by atoms with van der Waals surface area (Å²) in [5.74, 6) is 0.494. The normalized spacial score (nSPS) is 18.1. The van der Waals surface area contributed by atoms with E-state index < -0.39 is 0 Å². The predicted molar refractivity (Wildman–Crippen MR) is 111 cm³/mol. The van der Waals surface area contributed by atoms with Gasteiger partial charge in [-0.3, -0.25) is 4.79 Å². The Morgan fingerprint density at radius 3 is 2.33 bits per heavy atom. The zero-order valence-corrected chi connectivity index (χ0v) is 16.2. The molecule has 0 saturated carbocycles. The van der Waals surface area contributed by atoms with Crippen LogP contribution in [-0.2, 0) is 0 Å². The summed E-state index contributed by atoms with van der Waals surface area (Å²) in [6, 6.07) is 23.6. The third-order valence-corrected chi connectivity index (χ3v) is 5.96. The SMILES string of the molecule is O=C(NC[C@@H]1C[C@@H](c2ccc(Cl)c(Cl)c2)c2ccccc21)c1ccccc1. The van der Waals surface area contributed by atoms with Crippen molar-refractivity contribution in [3.05, 3.63) is 105 Å². The summed E-state index contributed by atoms with van der Waals surface area (Å²) in [6.07, 6.45) is 0.937. The van der Waals surface area contributed by atoms with Crippen LogP contribution in [0.1, 0.15) is 45.3 Å². The summed E-state index contributed by atoms with van der Waals surface area (Å²) in [6.45, 7) is 0.614. The van der Waals surface area contributed by atoms with Gasteiger partial charge in [-0.25, -0.2) is 0 Å². The van der Waals surface area contributed by atoms with E-state index in [2.05, 4.69) is 29.6 Å². The molecule has 136 valence electrons. The number of carbonyl (C=O) groups is 1. The van der Waals surface area contributed by atoms with Crippen molar-refractivity contribution < 1.29 is 4.79 Å². The number of fused-ring (bicyclic) bond motifs is 1. The van der Waals surface area contributed by atoms with Crippen molar-refractivity contribution in [1.82, 2.24) is 5.32 Å². The highest BCUT2D eigenvalue weighted by Crippen LogP contribution is 2.45. The van der Waals surface area contributed by atoms with E-state index in [4.69, 9.17) is 23.2 Å². The van der Waals surface area contributed by atoms with Crippen LogP contribution in [0.3, 0.4) is 0 Å². The van der Waals surface area contributed by atoms with E-state index >= 15 is 0 Å². The molecule has 3 aromatic carbocycles. The Morgan fingerprint density at radius 1 is 0.889 bits per heavy atom. The number of carbonyl (C=O) groups excluding carboxylic acids is 1. The summed E-state index contributed by atoms with van der Waals surface area (Å²) >= 11 is 12.3. The zero-order chi connectivity index (χ0) is 18.8. The lowest BCUT2D eigenvalue weighted by Gasteiger charge is -2.14. The molecule has 0 unspecified atom stereocenters. The van der Waals surface area contributed by atoms with E-state index in [1.807, 2.05) is 48.5 Å². The van der Waals surface area contributed by atoms with Crippen molar-refractivity contribution in [2.45, 2.75) is 18.3 Å². The van der Waals surface area contributed by atoms with Gasteiger partial charge >= 0.3 is 0 Å². The third kappa shape index (κ3) is 3.73. The number of halogens is 2. The van der Waals surface area contributed by atoms with Crippen LogP contribution >= 0.6 is 23.2 Å². The molecule has 4 rings (SSSR count). The van der Waals surface area contributed by atoms with Gasteiger partial charge in [0, 0.05) is 23.9 Å². The van der Waals surface area contributed by atoms with Crippen molar-refractivity contribution in [1.29, 1.82) is 0 Å². The van der Waals surface area contributed by atoms with E-state index in [0.717, 1.165) is 12.0 Å². The van der Waals surface area contributed by atoms with Crippen molar-refractivity contribution in [2.75, 3.05) is 6.54 Å². The molecule has 0 fully saturated rings. The van der Waals surface area contributed by atoms with Crippen LogP contribution in [0, 0.1) is 0 Å². The first-order chi connectivity index (χ1) is 13.1. The van der Waals surface area contributed by atoms with Crippen LogP contribution in [-0.4, -0.2) is 12.5 Å². The van der Waals surface area contributed by atoms with Gasteiger partial charge in [-0.2, -0.15) is 0 Å². The fourth-order valence-corrected chi connectivity index (χ4v) is 4.19. The topological polar surface area (TPSA) is 29.1 Å². The quantitative estimate of drug-likeness (QED) is 0.572. The highest BCUT2D eigenvalue weighted by Gasteiger charge is 2.32. The van der Waals surface area contributed by atoms with Gasteiger partial charge in [-0.05, 0) is 47.4 Å². The van der Waals surface area contributed by atoms with E-state index in [-0.39, 0.29) is 17.7 Å².